The molecule has 0 unspecified atom stereocenters. The molecule has 0 aliphatic rings. The van der Waals surface area contributed by atoms with E-state index in [4.69, 9.17) is 15.2 Å². The monoisotopic (exact) mass is 295 g/mol. The molecule has 0 spiro atoms. The van der Waals surface area contributed by atoms with Gasteiger partial charge in [-0.2, -0.15) is 0 Å². The number of amides is 1. The predicted molar refractivity (Wildman–Crippen MR) is 82.2 cm³/mol. The van der Waals surface area contributed by atoms with Crippen LogP contribution in [-0.4, -0.2) is 36.9 Å². The van der Waals surface area contributed by atoms with Crippen LogP contribution in [0.1, 0.15) is 32.9 Å². The van der Waals surface area contributed by atoms with E-state index in [9.17, 15) is 4.79 Å². The average molecular weight is 295 g/mol. The quantitative estimate of drug-likeness (QED) is 0.815. The van der Waals surface area contributed by atoms with Crippen molar-refractivity contribution >= 4 is 11.8 Å². The summed E-state index contributed by atoms with van der Waals surface area (Å²) in [7, 11) is 1.63. The van der Waals surface area contributed by atoms with E-state index in [1.54, 1.807) is 18.2 Å². The minimum Gasteiger partial charge on any atom is -0.443 e. The summed E-state index contributed by atoms with van der Waals surface area (Å²) in [4.78, 5) is 18.1. The van der Waals surface area contributed by atoms with E-state index in [0.717, 1.165) is 5.69 Å². The third kappa shape index (κ3) is 6.10. The number of pyridine rings is 1. The fourth-order valence-corrected chi connectivity index (χ4v) is 1.71. The first-order valence-electron chi connectivity index (χ1n) is 7.02. The topological polar surface area (TPSA) is 77.7 Å². The third-order valence-corrected chi connectivity index (χ3v) is 2.67. The summed E-state index contributed by atoms with van der Waals surface area (Å²) in [6.45, 7) is 6.98. The maximum Gasteiger partial charge on any atom is 0.414 e. The Morgan fingerprint density at radius 3 is 2.57 bits per heavy atom. The normalized spacial score (nSPS) is 11.3. The minimum absolute atomic E-state index is 0.371. The smallest absolute Gasteiger partial charge is 0.414 e. The highest BCUT2D eigenvalue weighted by Gasteiger charge is 2.23. The van der Waals surface area contributed by atoms with Crippen LogP contribution in [0.2, 0.25) is 0 Å². The van der Waals surface area contributed by atoms with Crippen LogP contribution in [0.25, 0.3) is 0 Å². The summed E-state index contributed by atoms with van der Waals surface area (Å²) in [6.07, 6.45) is 1.97. The van der Waals surface area contributed by atoms with Crippen molar-refractivity contribution in [3.63, 3.8) is 0 Å². The van der Waals surface area contributed by atoms with Gasteiger partial charge in [-0.25, -0.2) is 4.79 Å². The van der Waals surface area contributed by atoms with Gasteiger partial charge in [0, 0.05) is 26.8 Å². The lowest BCUT2D eigenvalue weighted by Gasteiger charge is -2.27. The van der Waals surface area contributed by atoms with E-state index in [2.05, 4.69) is 4.98 Å². The summed E-state index contributed by atoms with van der Waals surface area (Å²) in [5.41, 5.74) is 6.46. The molecule has 21 heavy (non-hydrogen) atoms. The second kappa shape index (κ2) is 7.95. The van der Waals surface area contributed by atoms with E-state index >= 15 is 0 Å². The molecule has 0 fully saturated rings. The molecule has 6 heteroatoms. The van der Waals surface area contributed by atoms with Crippen molar-refractivity contribution < 1.29 is 14.3 Å². The van der Waals surface area contributed by atoms with Crippen molar-refractivity contribution in [2.45, 2.75) is 39.3 Å². The molecule has 6 nitrogen and oxygen atoms in total. The van der Waals surface area contributed by atoms with Crippen LogP contribution in [0.15, 0.2) is 18.3 Å². The zero-order chi connectivity index (χ0) is 15.9. The molecule has 0 bridgehead atoms. The maximum atomic E-state index is 12.3. The van der Waals surface area contributed by atoms with Crippen molar-refractivity contribution in [1.29, 1.82) is 0 Å². The van der Waals surface area contributed by atoms with Gasteiger partial charge in [0.2, 0.25) is 0 Å². The van der Waals surface area contributed by atoms with Gasteiger partial charge >= 0.3 is 6.09 Å². The SMILES string of the molecule is COCCCN(C(=O)OC(C)(C)C)c1ccc(CN)nc1. The molecule has 0 aromatic carbocycles. The Morgan fingerprint density at radius 2 is 2.10 bits per heavy atom. The van der Waals surface area contributed by atoms with E-state index in [-0.39, 0.29) is 6.09 Å². The van der Waals surface area contributed by atoms with Crippen molar-refractivity contribution in [2.75, 3.05) is 25.2 Å². The summed E-state index contributed by atoms with van der Waals surface area (Å²) >= 11 is 0. The van der Waals surface area contributed by atoms with Crippen LogP contribution in [0, 0.1) is 0 Å². The Bertz CT molecular complexity index is 440. The van der Waals surface area contributed by atoms with Gasteiger partial charge < -0.3 is 15.2 Å². The molecule has 1 aromatic rings. The van der Waals surface area contributed by atoms with E-state index in [0.29, 0.717) is 31.8 Å². The lowest BCUT2D eigenvalue weighted by atomic mass is 10.2. The number of hydrogen-bond acceptors (Lipinski definition) is 5. The second-order valence-electron chi connectivity index (χ2n) is 5.69. The molecule has 0 aliphatic heterocycles. The molecular formula is C15H25N3O3. The number of nitrogens with two attached hydrogens (primary N) is 1. The van der Waals surface area contributed by atoms with Crippen LogP contribution in [0.4, 0.5) is 10.5 Å². The number of hydrogen-bond donors (Lipinski definition) is 1. The van der Waals surface area contributed by atoms with Gasteiger partial charge in [-0.3, -0.25) is 9.88 Å². The second-order valence-corrected chi connectivity index (χ2v) is 5.69. The standard InChI is InChI=1S/C15H25N3O3/c1-15(2,3)21-14(19)18(8-5-9-20-4)13-7-6-12(10-16)17-11-13/h6-7,11H,5,8-10,16H2,1-4H3. The Balaban J connectivity index is 2.86. The Hall–Kier alpha value is -1.66. The predicted octanol–water partition coefficient (Wildman–Crippen LogP) is 2.32. The first kappa shape index (κ1) is 17.4. The van der Waals surface area contributed by atoms with Gasteiger partial charge in [0.25, 0.3) is 0 Å². The van der Waals surface area contributed by atoms with Gasteiger partial charge in [0.05, 0.1) is 17.6 Å². The van der Waals surface area contributed by atoms with E-state index in [1.165, 1.54) is 0 Å². The van der Waals surface area contributed by atoms with Crippen LogP contribution in [-0.2, 0) is 16.0 Å². The fraction of sp³-hybridized carbons (Fsp3) is 0.600. The number of rotatable bonds is 6. The van der Waals surface area contributed by atoms with Crippen molar-refractivity contribution in [3.05, 3.63) is 24.0 Å². The lowest BCUT2D eigenvalue weighted by molar-refractivity contribution is 0.0577. The molecule has 0 aliphatic carbocycles. The zero-order valence-electron chi connectivity index (χ0n) is 13.3. The summed E-state index contributed by atoms with van der Waals surface area (Å²) in [5, 5.41) is 0. The zero-order valence-corrected chi connectivity index (χ0v) is 13.3. The molecule has 1 aromatic heterocycles. The van der Waals surface area contributed by atoms with E-state index in [1.807, 2.05) is 32.9 Å². The van der Waals surface area contributed by atoms with Gasteiger partial charge in [-0.05, 0) is 39.3 Å². The molecule has 1 amide bonds. The third-order valence-electron chi connectivity index (χ3n) is 2.67. The average Bonchev–Trinajstić information content (AvgIpc) is 2.42. The van der Waals surface area contributed by atoms with Crippen LogP contribution in [0.5, 0.6) is 0 Å². The van der Waals surface area contributed by atoms with Crippen LogP contribution >= 0.6 is 0 Å². The largest absolute Gasteiger partial charge is 0.443 e. The molecule has 1 heterocycles. The Labute approximate surface area is 126 Å². The molecule has 2 N–H and O–H groups in total. The molecule has 0 radical (unpaired) electrons. The first-order valence-corrected chi connectivity index (χ1v) is 7.02. The Morgan fingerprint density at radius 1 is 1.38 bits per heavy atom. The maximum absolute atomic E-state index is 12.3. The molecule has 0 saturated carbocycles. The number of ether oxygens (including phenoxy) is 2. The summed E-state index contributed by atoms with van der Waals surface area (Å²) < 4.78 is 10.5. The number of anilines is 1. The van der Waals surface area contributed by atoms with E-state index < -0.39 is 5.60 Å². The van der Waals surface area contributed by atoms with Gasteiger partial charge in [-0.1, -0.05) is 0 Å². The highest BCUT2D eigenvalue weighted by atomic mass is 16.6. The molecule has 1 rings (SSSR count). The molecule has 118 valence electrons. The van der Waals surface area contributed by atoms with Gasteiger partial charge in [-0.15, -0.1) is 0 Å². The van der Waals surface area contributed by atoms with Crippen molar-refractivity contribution in [1.82, 2.24) is 4.98 Å². The fourth-order valence-electron chi connectivity index (χ4n) is 1.71. The highest BCUT2D eigenvalue weighted by Crippen LogP contribution is 2.18. The Kier molecular flexibility index (Phi) is 6.58. The van der Waals surface area contributed by atoms with Gasteiger partial charge in [0.15, 0.2) is 0 Å². The number of methoxy groups -OCH3 is 1. The number of nitrogens with zero attached hydrogens (tertiary/aromatic N) is 2. The number of carbonyl (C=O) groups is 1. The molecular weight excluding hydrogens is 270 g/mol. The minimum atomic E-state index is -0.540. The van der Waals surface area contributed by atoms with Gasteiger partial charge in [0.1, 0.15) is 5.60 Å². The lowest BCUT2D eigenvalue weighted by Crippen LogP contribution is -2.38. The van der Waals surface area contributed by atoms with Crippen molar-refractivity contribution in [3.8, 4) is 0 Å². The number of carbonyl (C=O) groups excluding carboxylic acids is 1. The first-order chi connectivity index (χ1) is 9.87. The van der Waals surface area contributed by atoms with Crippen LogP contribution < -0.4 is 10.6 Å². The van der Waals surface area contributed by atoms with Crippen molar-refractivity contribution in [2.24, 2.45) is 5.73 Å². The summed E-state index contributed by atoms with van der Waals surface area (Å²) in [6, 6.07) is 3.63. The summed E-state index contributed by atoms with van der Waals surface area (Å²) in [5.74, 6) is 0. The number of aromatic nitrogens is 1. The highest BCUT2D eigenvalue weighted by molar-refractivity contribution is 5.87. The molecule has 0 atom stereocenters. The molecule has 0 saturated heterocycles. The van der Waals surface area contributed by atoms with Crippen LogP contribution in [0.3, 0.4) is 0 Å².